The topological polar surface area (TPSA) is 149 Å². The second-order valence-electron chi connectivity index (χ2n) is 14.3. The zero-order valence-electron chi connectivity index (χ0n) is 31.4. The maximum absolute atomic E-state index is 13.1. The molecule has 7 rings (SSSR count). The Labute approximate surface area is 336 Å². The van der Waals surface area contributed by atoms with Crippen LogP contribution in [0.3, 0.4) is 0 Å². The number of nitrogens with one attached hydrogen (secondary N) is 2. The average molecular weight is 790 g/mol. The molecule has 4 aromatic carbocycles. The molecule has 0 aromatic heterocycles. The summed E-state index contributed by atoms with van der Waals surface area (Å²) in [7, 11) is 0. The number of phenolic OH excluding ortho intramolecular Hbond substituents is 1. The van der Waals surface area contributed by atoms with Gasteiger partial charge in [-0.2, -0.15) is 0 Å². The van der Waals surface area contributed by atoms with Crippen LogP contribution in [0.15, 0.2) is 97.1 Å². The number of ether oxygens (including phenoxy) is 1. The minimum Gasteiger partial charge on any atom is -0.508 e. The largest absolute Gasteiger partial charge is 0.508 e. The number of imide groups is 1. The van der Waals surface area contributed by atoms with Gasteiger partial charge in [0, 0.05) is 68.4 Å². The summed E-state index contributed by atoms with van der Waals surface area (Å²) in [5.74, 6) is -0.570. The molecule has 4 aromatic rings. The van der Waals surface area contributed by atoms with E-state index in [1.54, 1.807) is 35.2 Å². The molecule has 3 N–H and O–H groups in total. The number of allylic oxidation sites excluding steroid dienone is 1. The number of benzene rings is 4. The Morgan fingerprint density at radius 3 is 2.23 bits per heavy atom. The van der Waals surface area contributed by atoms with E-state index in [0.29, 0.717) is 68.4 Å². The SMILES string of the molecule is O=C1CCC(N2Cc3c(NC(=O)CC(=O)N4CCN(CCOc5ccc(C(=C(CCCl)c6ccccc6)c6ccc(O)cc6)cc5)CC4)cccc3C2=O)C(=O)N1. The van der Waals surface area contributed by atoms with E-state index in [-0.39, 0.29) is 49.3 Å². The fourth-order valence-electron chi connectivity index (χ4n) is 7.67. The first-order valence-electron chi connectivity index (χ1n) is 19.1. The summed E-state index contributed by atoms with van der Waals surface area (Å²) in [5.41, 5.74) is 6.60. The molecule has 0 saturated carbocycles. The molecule has 294 valence electrons. The van der Waals surface area contributed by atoms with E-state index in [2.05, 4.69) is 27.7 Å². The first-order valence-corrected chi connectivity index (χ1v) is 19.7. The van der Waals surface area contributed by atoms with Crippen molar-refractivity contribution in [1.82, 2.24) is 20.0 Å². The van der Waals surface area contributed by atoms with Crippen molar-refractivity contribution in [3.05, 3.63) is 125 Å². The van der Waals surface area contributed by atoms with Gasteiger partial charge in [-0.15, -0.1) is 11.6 Å². The third-order valence-corrected chi connectivity index (χ3v) is 10.8. The quantitative estimate of drug-likeness (QED) is 0.0717. The summed E-state index contributed by atoms with van der Waals surface area (Å²) in [4.78, 5) is 68.7. The molecule has 1 unspecified atom stereocenters. The molecule has 0 spiro atoms. The Hall–Kier alpha value is -5.98. The number of aromatic hydroxyl groups is 1. The number of piperazine rings is 1. The Kier molecular flexibility index (Phi) is 12.3. The summed E-state index contributed by atoms with van der Waals surface area (Å²) in [5, 5.41) is 15.1. The van der Waals surface area contributed by atoms with E-state index in [0.717, 1.165) is 33.6 Å². The monoisotopic (exact) mass is 789 g/mol. The molecular weight excluding hydrogens is 746 g/mol. The number of hydrogen-bond acceptors (Lipinski definition) is 8. The highest BCUT2D eigenvalue weighted by molar-refractivity contribution is 6.18. The van der Waals surface area contributed by atoms with Crippen LogP contribution in [-0.2, 0) is 25.7 Å². The van der Waals surface area contributed by atoms with Gasteiger partial charge in [0.15, 0.2) is 0 Å². The summed E-state index contributed by atoms with van der Waals surface area (Å²) in [6.07, 6.45) is 0.717. The lowest BCUT2D eigenvalue weighted by Gasteiger charge is -2.34. The van der Waals surface area contributed by atoms with Gasteiger partial charge in [0.2, 0.25) is 23.6 Å². The average Bonchev–Trinajstić information content (AvgIpc) is 3.55. The molecule has 3 aliphatic rings. The van der Waals surface area contributed by atoms with Crippen LogP contribution in [0, 0.1) is 0 Å². The number of halogens is 1. The molecule has 57 heavy (non-hydrogen) atoms. The molecule has 12 nitrogen and oxygen atoms in total. The summed E-state index contributed by atoms with van der Waals surface area (Å²) in [6.45, 7) is 3.50. The minimum atomic E-state index is -0.764. The van der Waals surface area contributed by atoms with Gasteiger partial charge in [0.25, 0.3) is 5.91 Å². The van der Waals surface area contributed by atoms with Crippen molar-refractivity contribution in [1.29, 1.82) is 0 Å². The zero-order chi connectivity index (χ0) is 39.9. The van der Waals surface area contributed by atoms with Crippen molar-refractivity contribution >= 4 is 58.0 Å². The molecule has 3 aliphatic heterocycles. The molecular formula is C44H44ClN5O7. The van der Waals surface area contributed by atoms with E-state index in [9.17, 15) is 29.1 Å². The van der Waals surface area contributed by atoms with Crippen LogP contribution in [0.4, 0.5) is 5.69 Å². The Bertz CT molecular complexity index is 2170. The van der Waals surface area contributed by atoms with Crippen LogP contribution >= 0.6 is 11.6 Å². The fraction of sp³-hybridized carbons (Fsp3) is 0.295. The number of piperidine rings is 1. The van der Waals surface area contributed by atoms with E-state index in [4.69, 9.17) is 16.3 Å². The number of anilines is 1. The van der Waals surface area contributed by atoms with Crippen molar-refractivity contribution < 1.29 is 33.8 Å². The molecule has 0 aliphatic carbocycles. The molecule has 2 fully saturated rings. The second kappa shape index (κ2) is 17.9. The number of alkyl halides is 1. The van der Waals surface area contributed by atoms with Crippen molar-refractivity contribution in [2.75, 3.05) is 50.5 Å². The van der Waals surface area contributed by atoms with Gasteiger partial charge in [-0.1, -0.05) is 60.7 Å². The van der Waals surface area contributed by atoms with E-state index in [1.807, 2.05) is 54.6 Å². The summed E-state index contributed by atoms with van der Waals surface area (Å²) >= 11 is 6.30. The third kappa shape index (κ3) is 9.19. The van der Waals surface area contributed by atoms with Gasteiger partial charge >= 0.3 is 0 Å². The van der Waals surface area contributed by atoms with Crippen LogP contribution in [-0.4, -0.2) is 101 Å². The van der Waals surface area contributed by atoms with Crippen molar-refractivity contribution in [2.45, 2.75) is 38.3 Å². The van der Waals surface area contributed by atoms with Crippen molar-refractivity contribution in [3.8, 4) is 11.5 Å². The zero-order valence-corrected chi connectivity index (χ0v) is 32.2. The molecule has 1 atom stereocenters. The minimum absolute atomic E-state index is 0.117. The molecule has 2 saturated heterocycles. The fourth-order valence-corrected chi connectivity index (χ4v) is 7.86. The van der Waals surface area contributed by atoms with E-state index >= 15 is 0 Å². The lowest BCUT2D eigenvalue weighted by molar-refractivity contribution is -0.138. The third-order valence-electron chi connectivity index (χ3n) is 10.6. The maximum atomic E-state index is 13.1. The smallest absolute Gasteiger partial charge is 0.255 e. The van der Waals surface area contributed by atoms with Crippen molar-refractivity contribution in [2.24, 2.45) is 0 Å². The predicted molar refractivity (Wildman–Crippen MR) is 216 cm³/mol. The summed E-state index contributed by atoms with van der Waals surface area (Å²) in [6, 6.07) is 29.6. The number of carbonyl (C=O) groups is 5. The lowest BCUT2D eigenvalue weighted by atomic mass is 9.88. The van der Waals surface area contributed by atoms with Gasteiger partial charge in [-0.05, 0) is 77.1 Å². The predicted octanol–water partition coefficient (Wildman–Crippen LogP) is 5.29. The first-order chi connectivity index (χ1) is 27.7. The molecule has 13 heteroatoms. The number of nitrogens with zero attached hydrogens (tertiary/aromatic N) is 3. The van der Waals surface area contributed by atoms with Crippen molar-refractivity contribution in [3.63, 3.8) is 0 Å². The van der Waals surface area contributed by atoms with Crippen LogP contribution in [0.25, 0.3) is 11.1 Å². The van der Waals surface area contributed by atoms with Gasteiger partial charge in [-0.25, -0.2) is 0 Å². The van der Waals surface area contributed by atoms with Crippen LogP contribution < -0.4 is 15.4 Å². The van der Waals surface area contributed by atoms with E-state index < -0.39 is 17.9 Å². The standard InChI is InChI=1S/C44H44ClN5O7/c45-20-19-34(29-5-2-1-3-6-29)42(30-9-13-32(51)14-10-30)31-11-15-33(16-12-31)57-26-25-48-21-23-49(24-22-48)41(54)27-40(53)46-37-8-4-7-35-36(37)28-50(44(35)56)38-17-18-39(52)47-43(38)55/h1-16,38,51H,17-28H2,(H,46,53)(H,47,52,55). The van der Waals surface area contributed by atoms with Gasteiger partial charge in [0.05, 0.1) is 0 Å². The van der Waals surface area contributed by atoms with E-state index in [1.165, 1.54) is 4.90 Å². The highest BCUT2D eigenvalue weighted by Gasteiger charge is 2.40. The number of carbonyl (C=O) groups excluding carboxylic acids is 5. The van der Waals surface area contributed by atoms with Crippen LogP contribution in [0.1, 0.15) is 58.3 Å². The van der Waals surface area contributed by atoms with Gasteiger partial charge in [-0.3, -0.25) is 34.2 Å². The number of hydrogen-bond donors (Lipinski definition) is 3. The first kappa shape index (κ1) is 39.3. The maximum Gasteiger partial charge on any atom is 0.255 e. The van der Waals surface area contributed by atoms with Crippen LogP contribution in [0.2, 0.25) is 0 Å². The second-order valence-corrected chi connectivity index (χ2v) is 14.6. The van der Waals surface area contributed by atoms with Crippen LogP contribution in [0.5, 0.6) is 11.5 Å². The number of fused-ring (bicyclic) bond motifs is 1. The molecule has 5 amide bonds. The molecule has 0 radical (unpaired) electrons. The Morgan fingerprint density at radius 1 is 0.842 bits per heavy atom. The highest BCUT2D eigenvalue weighted by Crippen LogP contribution is 2.36. The number of amides is 5. The summed E-state index contributed by atoms with van der Waals surface area (Å²) < 4.78 is 6.13. The molecule has 3 heterocycles. The van der Waals surface area contributed by atoms with Gasteiger partial charge in [0.1, 0.15) is 30.6 Å². The van der Waals surface area contributed by atoms with Gasteiger partial charge < -0.3 is 25.0 Å². The normalized spacial score (nSPS) is 17.5. The highest BCUT2D eigenvalue weighted by atomic mass is 35.5. The molecule has 0 bridgehead atoms. The number of phenols is 1. The lowest BCUT2D eigenvalue weighted by Crippen LogP contribution is -2.52. The Morgan fingerprint density at radius 2 is 1.54 bits per heavy atom. The number of rotatable bonds is 13. The Balaban J connectivity index is 0.892.